The lowest BCUT2D eigenvalue weighted by Gasteiger charge is -2.21. The van der Waals surface area contributed by atoms with E-state index in [1.807, 2.05) is 5.38 Å². The first kappa shape index (κ1) is 17.8. The van der Waals surface area contributed by atoms with Crippen molar-refractivity contribution in [1.82, 2.24) is 14.9 Å². The largest absolute Gasteiger partial charge is 0.483 e. The molecule has 3 heterocycles. The van der Waals surface area contributed by atoms with Crippen molar-refractivity contribution in [3.05, 3.63) is 41.4 Å². The first-order valence-corrected chi connectivity index (χ1v) is 8.15. The van der Waals surface area contributed by atoms with Gasteiger partial charge in [-0.15, -0.1) is 11.3 Å². The van der Waals surface area contributed by atoms with Crippen LogP contribution in [0.4, 0.5) is 9.52 Å². The molecule has 0 atom stereocenters. The number of hydrogen-bond donors (Lipinski definition) is 1. The molecule has 0 saturated carbocycles. The second-order valence-corrected chi connectivity index (χ2v) is 5.82. The summed E-state index contributed by atoms with van der Waals surface area (Å²) in [4.78, 5) is 32.7. The molecule has 3 rings (SSSR count). The molecule has 0 unspecified atom stereocenters. The van der Waals surface area contributed by atoms with Crippen LogP contribution in [0.15, 0.2) is 30.0 Å². The maximum absolute atomic E-state index is 13.2. The molecule has 9 heteroatoms. The Balaban J connectivity index is 0.000000647. The number of thiazole rings is 1. The summed E-state index contributed by atoms with van der Waals surface area (Å²) < 4.78 is 13.2. The number of nitrogens with zero attached hydrogens (tertiary/aromatic N) is 4. The maximum Gasteiger partial charge on any atom is 0.290 e. The molecule has 1 saturated heterocycles. The molecule has 1 fully saturated rings. The fourth-order valence-electron chi connectivity index (χ4n) is 2.40. The Bertz CT molecular complexity index is 668. The topological polar surface area (TPSA) is 86.6 Å². The fourth-order valence-corrected chi connectivity index (χ4v) is 3.09. The summed E-state index contributed by atoms with van der Waals surface area (Å²) in [6.07, 6.45) is 5.17. The van der Waals surface area contributed by atoms with Gasteiger partial charge in [-0.3, -0.25) is 14.6 Å². The number of carbonyl (C=O) groups is 2. The fraction of sp³-hybridized carbons (Fsp3) is 0.333. The molecule has 0 spiro atoms. The number of anilines is 1. The zero-order valence-electron chi connectivity index (χ0n) is 12.8. The molecule has 1 amide bonds. The van der Waals surface area contributed by atoms with Gasteiger partial charge in [0.1, 0.15) is 5.82 Å². The Morgan fingerprint density at radius 3 is 2.75 bits per heavy atom. The van der Waals surface area contributed by atoms with Crippen LogP contribution in [0.2, 0.25) is 0 Å². The van der Waals surface area contributed by atoms with Gasteiger partial charge in [-0.1, -0.05) is 0 Å². The van der Waals surface area contributed by atoms with E-state index in [0.29, 0.717) is 18.7 Å². The van der Waals surface area contributed by atoms with Crippen molar-refractivity contribution >= 4 is 28.8 Å². The standard InChI is InChI=1S/C14H15FN4OS.CH2O2/c15-12-8-11(9-16-10-12)13(20)18-3-1-4-19(6-5-18)14-17-2-7-21-14;2-1-3/h2,7-10H,1,3-6H2;1H,(H,2,3). The minimum absolute atomic E-state index is 0.164. The van der Waals surface area contributed by atoms with Crippen molar-refractivity contribution in [3.63, 3.8) is 0 Å². The van der Waals surface area contributed by atoms with E-state index in [0.717, 1.165) is 30.8 Å². The monoisotopic (exact) mass is 352 g/mol. The molecule has 0 bridgehead atoms. The molecule has 1 aliphatic rings. The van der Waals surface area contributed by atoms with Gasteiger partial charge in [0.05, 0.1) is 11.8 Å². The zero-order valence-corrected chi connectivity index (χ0v) is 13.7. The van der Waals surface area contributed by atoms with Gasteiger partial charge >= 0.3 is 0 Å². The van der Waals surface area contributed by atoms with Crippen LogP contribution in [0.1, 0.15) is 16.8 Å². The number of aromatic nitrogens is 2. The zero-order chi connectivity index (χ0) is 17.4. The van der Waals surface area contributed by atoms with Gasteiger partial charge in [0.2, 0.25) is 0 Å². The quantitative estimate of drug-likeness (QED) is 0.829. The number of hydrogen-bond acceptors (Lipinski definition) is 6. The number of carbonyl (C=O) groups excluding carboxylic acids is 1. The highest BCUT2D eigenvalue weighted by Crippen LogP contribution is 2.19. The normalized spacial score (nSPS) is 14.4. The lowest BCUT2D eigenvalue weighted by molar-refractivity contribution is -0.122. The summed E-state index contributed by atoms with van der Waals surface area (Å²) in [7, 11) is 0. The smallest absolute Gasteiger partial charge is 0.290 e. The third kappa shape index (κ3) is 4.72. The Morgan fingerprint density at radius 2 is 2.08 bits per heavy atom. The molecule has 1 N–H and O–H groups in total. The van der Waals surface area contributed by atoms with Crippen LogP contribution < -0.4 is 4.90 Å². The van der Waals surface area contributed by atoms with Crippen LogP contribution >= 0.6 is 11.3 Å². The van der Waals surface area contributed by atoms with E-state index >= 15 is 0 Å². The predicted octanol–water partition coefficient (Wildman–Crippen LogP) is 1.73. The van der Waals surface area contributed by atoms with Gasteiger partial charge in [-0.2, -0.15) is 0 Å². The number of rotatable bonds is 2. The highest BCUT2D eigenvalue weighted by atomic mass is 32.1. The summed E-state index contributed by atoms with van der Waals surface area (Å²) in [5, 5.41) is 9.82. The minimum atomic E-state index is -0.486. The van der Waals surface area contributed by atoms with E-state index < -0.39 is 5.82 Å². The van der Waals surface area contributed by atoms with E-state index in [9.17, 15) is 9.18 Å². The van der Waals surface area contributed by atoms with Gasteiger partial charge in [0.25, 0.3) is 12.4 Å². The lowest BCUT2D eigenvalue weighted by atomic mass is 10.2. The van der Waals surface area contributed by atoms with Crippen molar-refractivity contribution < 1.29 is 19.1 Å². The highest BCUT2D eigenvalue weighted by Gasteiger charge is 2.21. The van der Waals surface area contributed by atoms with Crippen LogP contribution in [-0.4, -0.2) is 58.5 Å². The second kappa shape index (κ2) is 8.92. The van der Waals surface area contributed by atoms with Gasteiger partial charge in [0, 0.05) is 44.0 Å². The average molecular weight is 352 g/mol. The van der Waals surface area contributed by atoms with Gasteiger partial charge in [-0.25, -0.2) is 9.37 Å². The maximum atomic E-state index is 13.2. The summed E-state index contributed by atoms with van der Waals surface area (Å²) >= 11 is 1.60. The molecule has 24 heavy (non-hydrogen) atoms. The van der Waals surface area contributed by atoms with E-state index in [4.69, 9.17) is 9.90 Å². The van der Waals surface area contributed by atoms with Gasteiger partial charge in [-0.05, 0) is 12.5 Å². The van der Waals surface area contributed by atoms with Crippen molar-refractivity contribution in [1.29, 1.82) is 0 Å². The minimum Gasteiger partial charge on any atom is -0.483 e. The summed E-state index contributed by atoms with van der Waals surface area (Å²) in [6, 6.07) is 1.23. The van der Waals surface area contributed by atoms with Crippen molar-refractivity contribution in [2.45, 2.75) is 6.42 Å². The van der Waals surface area contributed by atoms with E-state index in [1.54, 1.807) is 22.4 Å². The first-order chi connectivity index (χ1) is 11.7. The number of amides is 1. The Labute approximate surface area is 142 Å². The molecule has 7 nitrogen and oxygen atoms in total. The van der Waals surface area contributed by atoms with Gasteiger partial charge < -0.3 is 14.9 Å². The molecule has 128 valence electrons. The molecular weight excluding hydrogens is 335 g/mol. The molecular formula is C15H17FN4O3S. The predicted molar refractivity (Wildman–Crippen MR) is 87.7 cm³/mol. The Hall–Kier alpha value is -2.55. The molecule has 0 radical (unpaired) electrons. The van der Waals surface area contributed by atoms with E-state index in [2.05, 4.69) is 14.9 Å². The van der Waals surface area contributed by atoms with Crippen molar-refractivity contribution in [2.75, 3.05) is 31.1 Å². The van der Waals surface area contributed by atoms with Crippen LogP contribution in [-0.2, 0) is 4.79 Å². The number of pyridine rings is 1. The van der Waals surface area contributed by atoms with Crippen molar-refractivity contribution in [3.8, 4) is 0 Å². The number of halogens is 1. The second-order valence-electron chi connectivity index (χ2n) is 4.94. The van der Waals surface area contributed by atoms with E-state index in [1.165, 1.54) is 12.3 Å². The molecule has 0 aliphatic carbocycles. The summed E-state index contributed by atoms with van der Waals surface area (Å²) in [5.41, 5.74) is 0.303. The molecule has 2 aromatic rings. The van der Waals surface area contributed by atoms with Crippen LogP contribution in [0, 0.1) is 5.82 Å². The summed E-state index contributed by atoms with van der Waals surface area (Å²) in [6.45, 7) is 2.63. The van der Waals surface area contributed by atoms with E-state index in [-0.39, 0.29) is 12.4 Å². The van der Waals surface area contributed by atoms with Crippen LogP contribution in [0.25, 0.3) is 0 Å². The number of carboxylic acid groups (broad SMARTS) is 1. The summed E-state index contributed by atoms with van der Waals surface area (Å²) in [5.74, 6) is -0.650. The average Bonchev–Trinajstić information content (AvgIpc) is 3.00. The molecule has 1 aliphatic heterocycles. The molecule has 2 aromatic heterocycles. The van der Waals surface area contributed by atoms with Crippen LogP contribution in [0.5, 0.6) is 0 Å². The Kier molecular flexibility index (Phi) is 6.62. The van der Waals surface area contributed by atoms with Crippen LogP contribution in [0.3, 0.4) is 0 Å². The SMILES string of the molecule is O=C(c1cncc(F)c1)N1CCCN(c2nccs2)CC1.O=CO. The molecule has 0 aromatic carbocycles. The lowest BCUT2D eigenvalue weighted by Crippen LogP contribution is -2.35. The van der Waals surface area contributed by atoms with Crippen molar-refractivity contribution in [2.24, 2.45) is 0 Å². The van der Waals surface area contributed by atoms with Gasteiger partial charge in [0.15, 0.2) is 5.13 Å². The Morgan fingerprint density at radius 1 is 1.29 bits per heavy atom. The third-order valence-electron chi connectivity index (χ3n) is 3.42. The first-order valence-electron chi connectivity index (χ1n) is 7.28. The highest BCUT2D eigenvalue weighted by molar-refractivity contribution is 7.13. The third-order valence-corrected chi connectivity index (χ3v) is 4.26.